The van der Waals surface area contributed by atoms with Gasteiger partial charge in [-0.05, 0) is 38.5 Å². The van der Waals surface area contributed by atoms with E-state index in [4.69, 9.17) is 21.6 Å². The second kappa shape index (κ2) is 4.51. The number of benzene rings is 1. The molecule has 2 rings (SSSR count). The van der Waals surface area contributed by atoms with Crippen LogP contribution in [0.3, 0.4) is 0 Å². The van der Waals surface area contributed by atoms with E-state index in [1.165, 1.54) is 0 Å². The van der Waals surface area contributed by atoms with Crippen LogP contribution in [0, 0.1) is 18.3 Å². The predicted molar refractivity (Wildman–Crippen MR) is 68.8 cm³/mol. The van der Waals surface area contributed by atoms with Gasteiger partial charge in [-0.15, -0.1) is 0 Å². The highest BCUT2D eigenvalue weighted by Crippen LogP contribution is 2.34. The molecule has 0 aromatic heterocycles. The highest BCUT2D eigenvalue weighted by atomic mass is 35.5. The number of ether oxygens (including phenoxy) is 1. The first-order valence-electron chi connectivity index (χ1n) is 5.66. The van der Waals surface area contributed by atoms with Crippen molar-refractivity contribution in [3.05, 3.63) is 28.3 Å². The number of cyclic esters (lactones) is 1. The highest BCUT2D eigenvalue weighted by molar-refractivity contribution is 6.33. The van der Waals surface area contributed by atoms with Crippen molar-refractivity contribution < 1.29 is 9.53 Å². The Balaban J connectivity index is 2.50. The summed E-state index contributed by atoms with van der Waals surface area (Å²) in [6.07, 6.45) is -0.537. The molecule has 0 radical (unpaired) electrons. The van der Waals surface area contributed by atoms with Crippen molar-refractivity contribution >= 4 is 23.4 Å². The number of nitriles is 1. The molecule has 0 unspecified atom stereocenters. The van der Waals surface area contributed by atoms with Crippen molar-refractivity contribution in [3.8, 4) is 6.07 Å². The van der Waals surface area contributed by atoms with Gasteiger partial charge in [-0.1, -0.05) is 11.6 Å². The third kappa shape index (κ3) is 1.81. The standard InChI is InChI=1S/C13H13ClN2O2/c1-7-11(5-4-10(6-15)12(7)14)16-8(2)9(3)18-13(16)17/h4-5,8-9H,1-3H3/t8-,9+/m1/s1. The van der Waals surface area contributed by atoms with Gasteiger partial charge in [0.1, 0.15) is 12.2 Å². The zero-order valence-electron chi connectivity index (χ0n) is 10.4. The summed E-state index contributed by atoms with van der Waals surface area (Å²) in [5, 5.41) is 9.29. The summed E-state index contributed by atoms with van der Waals surface area (Å²) in [5.41, 5.74) is 1.82. The van der Waals surface area contributed by atoms with Crippen LogP contribution in [-0.2, 0) is 4.74 Å². The molecule has 2 atom stereocenters. The van der Waals surface area contributed by atoms with Crippen LogP contribution >= 0.6 is 11.6 Å². The Morgan fingerprint density at radius 1 is 1.44 bits per heavy atom. The fourth-order valence-electron chi connectivity index (χ4n) is 2.03. The van der Waals surface area contributed by atoms with Gasteiger partial charge in [0.15, 0.2) is 0 Å². The zero-order valence-corrected chi connectivity index (χ0v) is 11.2. The first kappa shape index (κ1) is 12.7. The number of carbonyl (C=O) groups excluding carboxylic acids is 1. The SMILES string of the molecule is Cc1c(N2C(=O)O[C@@H](C)[C@H]2C)ccc(C#N)c1Cl. The van der Waals surface area contributed by atoms with Crippen LogP contribution in [0.1, 0.15) is 25.0 Å². The Morgan fingerprint density at radius 3 is 2.61 bits per heavy atom. The number of anilines is 1. The number of amides is 1. The van der Waals surface area contributed by atoms with Crippen LogP contribution < -0.4 is 4.90 Å². The van der Waals surface area contributed by atoms with Gasteiger partial charge >= 0.3 is 6.09 Å². The Bertz CT molecular complexity index is 551. The van der Waals surface area contributed by atoms with Crippen molar-refractivity contribution in [3.63, 3.8) is 0 Å². The van der Waals surface area contributed by atoms with Gasteiger partial charge in [0, 0.05) is 0 Å². The summed E-state index contributed by atoms with van der Waals surface area (Å²) in [6.45, 7) is 5.56. The fourth-order valence-corrected chi connectivity index (χ4v) is 2.23. The molecule has 1 heterocycles. The number of halogens is 1. The van der Waals surface area contributed by atoms with Crippen LogP contribution in [0.2, 0.25) is 5.02 Å². The molecule has 0 N–H and O–H groups in total. The molecule has 18 heavy (non-hydrogen) atoms. The topological polar surface area (TPSA) is 53.3 Å². The third-order valence-corrected chi connectivity index (χ3v) is 3.79. The van der Waals surface area contributed by atoms with Gasteiger partial charge in [0.25, 0.3) is 0 Å². The molecule has 5 heteroatoms. The maximum absolute atomic E-state index is 11.8. The smallest absolute Gasteiger partial charge is 0.415 e. The lowest BCUT2D eigenvalue weighted by molar-refractivity contribution is 0.143. The summed E-state index contributed by atoms with van der Waals surface area (Å²) in [5.74, 6) is 0. The fraction of sp³-hybridized carbons (Fsp3) is 0.385. The van der Waals surface area contributed by atoms with E-state index in [1.807, 2.05) is 19.9 Å². The van der Waals surface area contributed by atoms with Gasteiger partial charge in [0.05, 0.1) is 22.3 Å². The van der Waals surface area contributed by atoms with Gasteiger partial charge < -0.3 is 4.74 Å². The number of rotatable bonds is 1. The van der Waals surface area contributed by atoms with Crippen molar-refractivity contribution in [2.24, 2.45) is 0 Å². The molecule has 1 aromatic carbocycles. The second-order valence-electron chi connectivity index (χ2n) is 4.38. The Hall–Kier alpha value is -1.73. The van der Waals surface area contributed by atoms with E-state index >= 15 is 0 Å². The Kier molecular flexibility index (Phi) is 3.18. The molecular weight excluding hydrogens is 252 g/mol. The first-order chi connectivity index (χ1) is 8.47. The normalized spacial score (nSPS) is 22.8. The van der Waals surface area contributed by atoms with Crippen LogP contribution in [0.15, 0.2) is 12.1 Å². The number of nitrogens with zero attached hydrogens (tertiary/aromatic N) is 2. The minimum absolute atomic E-state index is 0.0554. The van der Waals surface area contributed by atoms with Crippen LogP contribution in [0.4, 0.5) is 10.5 Å². The van der Waals surface area contributed by atoms with E-state index in [0.29, 0.717) is 21.8 Å². The minimum Gasteiger partial charge on any atom is -0.444 e. The molecule has 94 valence electrons. The van der Waals surface area contributed by atoms with Crippen molar-refractivity contribution in [1.82, 2.24) is 0 Å². The average Bonchev–Trinajstić information content (AvgIpc) is 2.58. The third-order valence-electron chi connectivity index (χ3n) is 3.31. The van der Waals surface area contributed by atoms with E-state index in [0.717, 1.165) is 0 Å². The molecule has 0 aliphatic carbocycles. The molecule has 0 spiro atoms. The molecule has 1 saturated heterocycles. The van der Waals surface area contributed by atoms with Gasteiger partial charge in [0.2, 0.25) is 0 Å². The van der Waals surface area contributed by atoms with E-state index in [1.54, 1.807) is 24.0 Å². The number of hydrogen-bond donors (Lipinski definition) is 0. The van der Waals surface area contributed by atoms with E-state index in [-0.39, 0.29) is 18.2 Å². The molecule has 4 nitrogen and oxygen atoms in total. The van der Waals surface area contributed by atoms with Crippen molar-refractivity contribution in [2.45, 2.75) is 32.9 Å². The van der Waals surface area contributed by atoms with Gasteiger partial charge in [-0.25, -0.2) is 4.79 Å². The molecule has 0 saturated carbocycles. The van der Waals surface area contributed by atoms with Gasteiger partial charge in [-0.3, -0.25) is 4.90 Å². The summed E-state index contributed by atoms with van der Waals surface area (Å²) in [4.78, 5) is 13.4. The molecule has 1 aliphatic rings. The lowest BCUT2D eigenvalue weighted by atomic mass is 10.1. The van der Waals surface area contributed by atoms with Gasteiger partial charge in [-0.2, -0.15) is 5.26 Å². The largest absolute Gasteiger partial charge is 0.444 e. The number of hydrogen-bond acceptors (Lipinski definition) is 3. The first-order valence-corrected chi connectivity index (χ1v) is 6.04. The molecular formula is C13H13ClN2O2. The highest BCUT2D eigenvalue weighted by Gasteiger charge is 2.37. The monoisotopic (exact) mass is 264 g/mol. The van der Waals surface area contributed by atoms with Crippen molar-refractivity contribution in [2.75, 3.05) is 4.90 Å². The van der Waals surface area contributed by atoms with E-state index < -0.39 is 0 Å². The average molecular weight is 265 g/mol. The molecule has 1 fully saturated rings. The molecule has 1 aromatic rings. The van der Waals surface area contributed by atoms with Crippen molar-refractivity contribution in [1.29, 1.82) is 5.26 Å². The van der Waals surface area contributed by atoms with Crippen LogP contribution in [0.5, 0.6) is 0 Å². The maximum atomic E-state index is 11.8. The Morgan fingerprint density at radius 2 is 2.11 bits per heavy atom. The second-order valence-corrected chi connectivity index (χ2v) is 4.76. The van der Waals surface area contributed by atoms with Crippen LogP contribution in [0.25, 0.3) is 0 Å². The van der Waals surface area contributed by atoms with E-state index in [9.17, 15) is 4.79 Å². The lowest BCUT2D eigenvalue weighted by Gasteiger charge is -2.22. The zero-order chi connectivity index (χ0) is 13.4. The quantitative estimate of drug-likeness (QED) is 0.782. The Labute approximate surface area is 111 Å². The summed E-state index contributed by atoms with van der Waals surface area (Å²) in [7, 11) is 0. The maximum Gasteiger partial charge on any atom is 0.415 e. The summed E-state index contributed by atoms with van der Waals surface area (Å²) >= 11 is 6.11. The molecule has 0 bridgehead atoms. The predicted octanol–water partition coefficient (Wildman–Crippen LogP) is 3.25. The van der Waals surface area contributed by atoms with E-state index in [2.05, 4.69) is 0 Å². The lowest BCUT2D eigenvalue weighted by Crippen LogP contribution is -2.33. The summed E-state index contributed by atoms with van der Waals surface area (Å²) < 4.78 is 5.17. The molecule has 1 aliphatic heterocycles. The summed E-state index contributed by atoms with van der Waals surface area (Å²) in [6, 6.07) is 5.31. The number of carbonyl (C=O) groups is 1. The minimum atomic E-state index is -0.376. The van der Waals surface area contributed by atoms with Crippen LogP contribution in [-0.4, -0.2) is 18.2 Å². The molecule has 1 amide bonds.